The van der Waals surface area contributed by atoms with Gasteiger partial charge in [-0.3, -0.25) is 9.48 Å². The Morgan fingerprint density at radius 3 is 2.50 bits per heavy atom. The van der Waals surface area contributed by atoms with Crippen LogP contribution in [0.4, 0.5) is 5.69 Å². The number of hydrogen-bond donors (Lipinski definition) is 1. The third kappa shape index (κ3) is 3.52. The fourth-order valence-corrected chi connectivity index (χ4v) is 2.21. The van der Waals surface area contributed by atoms with Crippen LogP contribution in [0.5, 0.6) is 0 Å². The summed E-state index contributed by atoms with van der Waals surface area (Å²) in [5.74, 6) is 0.241. The van der Waals surface area contributed by atoms with Crippen molar-refractivity contribution in [3.8, 4) is 0 Å². The minimum atomic E-state index is -0.259. The van der Waals surface area contributed by atoms with E-state index >= 15 is 0 Å². The zero-order chi connectivity index (χ0) is 16.3. The van der Waals surface area contributed by atoms with Crippen molar-refractivity contribution in [2.45, 2.75) is 53.6 Å². The summed E-state index contributed by atoms with van der Waals surface area (Å²) in [5, 5.41) is 15.5. The second-order valence-electron chi connectivity index (χ2n) is 6.03. The number of nitrogens with zero attached hydrogens (tertiary/aromatic N) is 5. The van der Waals surface area contributed by atoms with Crippen LogP contribution in [0.2, 0.25) is 0 Å². The number of carbonyl (C=O) groups is 1. The standard InChI is InChI=1S/C15H24N6O/c1-6-14-12(7-16-20(14)9-10(2)3)18-15(22)13-8-17-21(19-13)11(4)5/h7-8,10-11H,6,9H2,1-5H3,(H,18,22). The van der Waals surface area contributed by atoms with Gasteiger partial charge in [0.25, 0.3) is 5.91 Å². The molecule has 2 aromatic rings. The van der Waals surface area contributed by atoms with Crippen LogP contribution in [0.25, 0.3) is 0 Å². The number of anilines is 1. The van der Waals surface area contributed by atoms with E-state index in [0.717, 1.165) is 24.3 Å². The molecule has 7 heteroatoms. The molecule has 0 fully saturated rings. The fraction of sp³-hybridized carbons (Fsp3) is 0.600. The number of hydrogen-bond acceptors (Lipinski definition) is 4. The van der Waals surface area contributed by atoms with E-state index in [1.807, 2.05) is 18.5 Å². The van der Waals surface area contributed by atoms with Crippen LogP contribution in [0, 0.1) is 5.92 Å². The Kier molecular flexibility index (Phi) is 4.95. The van der Waals surface area contributed by atoms with Crippen LogP contribution < -0.4 is 5.32 Å². The van der Waals surface area contributed by atoms with Gasteiger partial charge in [-0.15, -0.1) is 5.10 Å². The SMILES string of the molecule is CCc1c(NC(=O)c2cnn(C(C)C)n2)cnn1CC(C)C. The molecule has 7 nitrogen and oxygen atoms in total. The van der Waals surface area contributed by atoms with E-state index in [9.17, 15) is 4.79 Å². The lowest BCUT2D eigenvalue weighted by Gasteiger charge is -2.10. The lowest BCUT2D eigenvalue weighted by Crippen LogP contribution is -2.16. The van der Waals surface area contributed by atoms with Crippen molar-refractivity contribution < 1.29 is 4.79 Å². The predicted molar refractivity (Wildman–Crippen MR) is 84.8 cm³/mol. The number of aromatic nitrogens is 5. The molecular weight excluding hydrogens is 280 g/mol. The van der Waals surface area contributed by atoms with Gasteiger partial charge in [-0.2, -0.15) is 15.0 Å². The van der Waals surface area contributed by atoms with Gasteiger partial charge in [0.15, 0.2) is 5.69 Å². The average Bonchev–Trinajstić information content (AvgIpc) is 3.05. The Bertz CT molecular complexity index is 640. The second-order valence-corrected chi connectivity index (χ2v) is 6.03. The van der Waals surface area contributed by atoms with E-state index < -0.39 is 0 Å². The monoisotopic (exact) mass is 304 g/mol. The quantitative estimate of drug-likeness (QED) is 0.889. The average molecular weight is 304 g/mol. The highest BCUT2D eigenvalue weighted by Gasteiger charge is 2.16. The summed E-state index contributed by atoms with van der Waals surface area (Å²) in [4.78, 5) is 13.8. The van der Waals surface area contributed by atoms with Gasteiger partial charge < -0.3 is 5.32 Å². The maximum Gasteiger partial charge on any atom is 0.277 e. The van der Waals surface area contributed by atoms with Gasteiger partial charge in [-0.05, 0) is 26.2 Å². The van der Waals surface area contributed by atoms with E-state index in [1.165, 1.54) is 11.0 Å². The molecule has 2 heterocycles. The molecule has 1 amide bonds. The molecule has 0 aromatic carbocycles. The van der Waals surface area contributed by atoms with Crippen LogP contribution in [-0.4, -0.2) is 30.7 Å². The molecule has 0 radical (unpaired) electrons. The minimum absolute atomic E-state index is 0.126. The Morgan fingerprint density at radius 2 is 1.95 bits per heavy atom. The van der Waals surface area contributed by atoms with Crippen molar-refractivity contribution in [2.75, 3.05) is 5.32 Å². The minimum Gasteiger partial charge on any atom is -0.318 e. The zero-order valence-corrected chi connectivity index (χ0v) is 13.9. The van der Waals surface area contributed by atoms with Crippen LogP contribution in [0.3, 0.4) is 0 Å². The highest BCUT2D eigenvalue weighted by molar-refractivity contribution is 6.02. The van der Waals surface area contributed by atoms with Gasteiger partial charge in [0, 0.05) is 6.54 Å². The predicted octanol–water partition coefficient (Wildman–Crippen LogP) is 2.53. The molecule has 0 spiro atoms. The summed E-state index contributed by atoms with van der Waals surface area (Å²) in [6.07, 6.45) is 3.99. The Hall–Kier alpha value is -2.18. The lowest BCUT2D eigenvalue weighted by molar-refractivity contribution is 0.102. The molecule has 120 valence electrons. The van der Waals surface area contributed by atoms with Crippen molar-refractivity contribution in [2.24, 2.45) is 5.92 Å². The number of rotatable bonds is 6. The van der Waals surface area contributed by atoms with Gasteiger partial charge in [0.2, 0.25) is 0 Å². The third-order valence-corrected chi connectivity index (χ3v) is 3.27. The van der Waals surface area contributed by atoms with Gasteiger partial charge in [-0.1, -0.05) is 20.8 Å². The fourth-order valence-electron chi connectivity index (χ4n) is 2.21. The summed E-state index contributed by atoms with van der Waals surface area (Å²) in [5.41, 5.74) is 2.08. The van der Waals surface area contributed by atoms with Gasteiger partial charge in [-0.25, -0.2) is 0 Å². The smallest absolute Gasteiger partial charge is 0.277 e. The number of amides is 1. The molecule has 0 atom stereocenters. The van der Waals surface area contributed by atoms with Crippen LogP contribution in [-0.2, 0) is 13.0 Å². The maximum absolute atomic E-state index is 12.3. The van der Waals surface area contributed by atoms with Crippen LogP contribution >= 0.6 is 0 Å². The molecule has 0 aliphatic carbocycles. The molecule has 0 aliphatic heterocycles. The molecule has 0 saturated carbocycles. The highest BCUT2D eigenvalue weighted by atomic mass is 16.2. The molecule has 0 unspecified atom stereocenters. The first-order valence-corrected chi connectivity index (χ1v) is 7.70. The first-order chi connectivity index (χ1) is 10.4. The molecule has 22 heavy (non-hydrogen) atoms. The first-order valence-electron chi connectivity index (χ1n) is 7.70. The summed E-state index contributed by atoms with van der Waals surface area (Å²) in [6, 6.07) is 0.126. The lowest BCUT2D eigenvalue weighted by atomic mass is 10.2. The summed E-state index contributed by atoms with van der Waals surface area (Å²) < 4.78 is 1.95. The summed E-state index contributed by atoms with van der Waals surface area (Å²) in [6.45, 7) is 11.1. The Morgan fingerprint density at radius 1 is 1.23 bits per heavy atom. The largest absolute Gasteiger partial charge is 0.318 e. The zero-order valence-electron chi connectivity index (χ0n) is 13.9. The van der Waals surface area contributed by atoms with Crippen molar-refractivity contribution in [3.05, 3.63) is 23.8 Å². The Balaban J connectivity index is 2.15. The third-order valence-electron chi connectivity index (χ3n) is 3.27. The van der Waals surface area contributed by atoms with E-state index in [-0.39, 0.29) is 11.9 Å². The van der Waals surface area contributed by atoms with E-state index in [4.69, 9.17) is 0 Å². The molecule has 0 saturated heterocycles. The van der Waals surface area contributed by atoms with Crippen molar-refractivity contribution in [1.82, 2.24) is 24.8 Å². The topological polar surface area (TPSA) is 77.6 Å². The second kappa shape index (κ2) is 6.72. The van der Waals surface area contributed by atoms with Crippen molar-refractivity contribution >= 4 is 11.6 Å². The molecule has 2 rings (SSSR count). The van der Waals surface area contributed by atoms with Crippen molar-refractivity contribution in [3.63, 3.8) is 0 Å². The Labute approximate surface area is 130 Å². The highest BCUT2D eigenvalue weighted by Crippen LogP contribution is 2.18. The summed E-state index contributed by atoms with van der Waals surface area (Å²) >= 11 is 0. The molecule has 0 aliphatic rings. The van der Waals surface area contributed by atoms with E-state index in [2.05, 4.69) is 41.4 Å². The van der Waals surface area contributed by atoms with Gasteiger partial charge >= 0.3 is 0 Å². The van der Waals surface area contributed by atoms with Gasteiger partial charge in [0.05, 0.1) is 29.8 Å². The number of carbonyl (C=O) groups excluding carboxylic acids is 1. The maximum atomic E-state index is 12.3. The molecule has 1 N–H and O–H groups in total. The molecular formula is C15H24N6O. The summed E-state index contributed by atoms with van der Waals surface area (Å²) in [7, 11) is 0. The van der Waals surface area contributed by atoms with Crippen molar-refractivity contribution in [1.29, 1.82) is 0 Å². The molecule has 2 aromatic heterocycles. The number of nitrogens with one attached hydrogen (secondary N) is 1. The van der Waals surface area contributed by atoms with E-state index in [0.29, 0.717) is 11.6 Å². The van der Waals surface area contributed by atoms with Gasteiger partial charge in [0.1, 0.15) is 0 Å². The van der Waals surface area contributed by atoms with Crippen LogP contribution in [0.1, 0.15) is 56.8 Å². The first kappa shape index (κ1) is 16.2. The normalized spacial score (nSPS) is 11.4. The van der Waals surface area contributed by atoms with E-state index in [1.54, 1.807) is 6.20 Å². The van der Waals surface area contributed by atoms with Crippen LogP contribution in [0.15, 0.2) is 12.4 Å². The molecule has 0 bridgehead atoms.